The minimum atomic E-state index is -1.01. The van der Waals surface area contributed by atoms with Gasteiger partial charge in [-0.05, 0) is 44.5 Å². The number of rotatable bonds is 3. The van der Waals surface area contributed by atoms with Crippen LogP contribution < -0.4 is 10.6 Å². The van der Waals surface area contributed by atoms with Crippen molar-refractivity contribution < 1.29 is 14.7 Å². The van der Waals surface area contributed by atoms with E-state index >= 15 is 0 Å². The largest absolute Gasteiger partial charge is 0.478 e. The molecule has 0 heterocycles. The summed E-state index contributed by atoms with van der Waals surface area (Å²) in [5.74, 6) is 1.44. The van der Waals surface area contributed by atoms with Crippen LogP contribution in [0.2, 0.25) is 0 Å². The Morgan fingerprint density at radius 3 is 2.47 bits per heavy atom. The van der Waals surface area contributed by atoms with Crippen LogP contribution in [-0.2, 0) is 0 Å². The zero-order valence-corrected chi connectivity index (χ0v) is 11.1. The van der Waals surface area contributed by atoms with Gasteiger partial charge in [0.15, 0.2) is 0 Å². The van der Waals surface area contributed by atoms with Crippen molar-refractivity contribution in [1.29, 1.82) is 0 Å². The van der Waals surface area contributed by atoms with Crippen LogP contribution in [-0.4, -0.2) is 22.6 Å². The molecule has 0 fully saturated rings. The Bertz CT molecular complexity index is 556. The Balaban J connectivity index is 2.81. The van der Waals surface area contributed by atoms with Crippen molar-refractivity contribution in [1.82, 2.24) is 5.32 Å². The summed E-state index contributed by atoms with van der Waals surface area (Å²) in [4.78, 5) is 22.5. The summed E-state index contributed by atoms with van der Waals surface area (Å²) < 4.78 is 0. The maximum absolute atomic E-state index is 11.7. The van der Waals surface area contributed by atoms with Gasteiger partial charge in [0.05, 0.1) is 11.1 Å². The molecular weight excluding hydrogens is 244 g/mol. The number of anilines is 1. The first kappa shape index (κ1) is 14.6. The SMILES string of the molecule is C#CC(C)(C)NC(=O)Nc1ccc(C(=O)O)cc1C. The van der Waals surface area contributed by atoms with Crippen molar-refractivity contribution >= 4 is 17.7 Å². The average molecular weight is 260 g/mol. The summed E-state index contributed by atoms with van der Waals surface area (Å²) in [6, 6.07) is 4.03. The molecule has 5 nitrogen and oxygen atoms in total. The lowest BCUT2D eigenvalue weighted by atomic mass is 10.1. The van der Waals surface area contributed by atoms with E-state index in [1.807, 2.05) is 0 Å². The predicted molar refractivity (Wildman–Crippen MR) is 73.2 cm³/mol. The van der Waals surface area contributed by atoms with Gasteiger partial charge in [-0.25, -0.2) is 9.59 Å². The zero-order chi connectivity index (χ0) is 14.6. The van der Waals surface area contributed by atoms with E-state index in [-0.39, 0.29) is 5.56 Å². The molecule has 2 amide bonds. The molecule has 0 saturated heterocycles. The van der Waals surface area contributed by atoms with E-state index in [9.17, 15) is 9.59 Å². The number of aromatic carboxylic acids is 1. The highest BCUT2D eigenvalue weighted by Gasteiger charge is 2.17. The van der Waals surface area contributed by atoms with Crippen LogP contribution in [0.25, 0.3) is 0 Å². The van der Waals surface area contributed by atoms with E-state index < -0.39 is 17.5 Å². The summed E-state index contributed by atoms with van der Waals surface area (Å²) in [6.45, 7) is 5.12. The van der Waals surface area contributed by atoms with Crippen LogP contribution in [0.4, 0.5) is 10.5 Å². The van der Waals surface area contributed by atoms with Gasteiger partial charge in [0.2, 0.25) is 0 Å². The molecule has 0 bridgehead atoms. The Hall–Kier alpha value is -2.48. The average Bonchev–Trinajstić information content (AvgIpc) is 2.30. The third-order valence-corrected chi connectivity index (χ3v) is 2.51. The number of terminal acetylenes is 1. The second kappa shape index (κ2) is 5.44. The van der Waals surface area contributed by atoms with Gasteiger partial charge in [-0.3, -0.25) is 0 Å². The molecule has 0 aliphatic rings. The first-order valence-electron chi connectivity index (χ1n) is 5.66. The number of amides is 2. The van der Waals surface area contributed by atoms with Gasteiger partial charge < -0.3 is 15.7 Å². The minimum absolute atomic E-state index is 0.174. The lowest BCUT2D eigenvalue weighted by Crippen LogP contribution is -2.44. The van der Waals surface area contributed by atoms with Crippen LogP contribution >= 0.6 is 0 Å². The second-order valence-electron chi connectivity index (χ2n) is 4.68. The van der Waals surface area contributed by atoms with Gasteiger partial charge in [0.1, 0.15) is 0 Å². The maximum atomic E-state index is 11.7. The molecule has 3 N–H and O–H groups in total. The lowest BCUT2D eigenvalue weighted by molar-refractivity contribution is 0.0697. The van der Waals surface area contributed by atoms with Crippen LogP contribution in [0.15, 0.2) is 18.2 Å². The Labute approximate surface area is 112 Å². The fourth-order valence-corrected chi connectivity index (χ4v) is 1.41. The molecule has 0 radical (unpaired) electrons. The molecule has 5 heteroatoms. The molecule has 0 spiro atoms. The topological polar surface area (TPSA) is 78.4 Å². The highest BCUT2D eigenvalue weighted by Crippen LogP contribution is 2.16. The predicted octanol–water partition coefficient (Wildman–Crippen LogP) is 2.23. The number of carboxylic acid groups (broad SMARTS) is 1. The number of aryl methyl sites for hydroxylation is 1. The molecule has 0 aliphatic heterocycles. The smallest absolute Gasteiger partial charge is 0.335 e. The second-order valence-corrected chi connectivity index (χ2v) is 4.68. The van der Waals surface area contributed by atoms with Crippen molar-refractivity contribution in [2.24, 2.45) is 0 Å². The van der Waals surface area contributed by atoms with E-state index in [1.165, 1.54) is 12.1 Å². The van der Waals surface area contributed by atoms with Crippen molar-refractivity contribution in [3.8, 4) is 12.3 Å². The van der Waals surface area contributed by atoms with E-state index in [2.05, 4.69) is 16.6 Å². The van der Waals surface area contributed by atoms with Crippen molar-refractivity contribution in [3.63, 3.8) is 0 Å². The number of hydrogen-bond donors (Lipinski definition) is 3. The third-order valence-electron chi connectivity index (χ3n) is 2.51. The number of urea groups is 1. The standard InChI is InChI=1S/C14H16N2O3/c1-5-14(3,4)16-13(19)15-11-7-6-10(12(17)18)8-9(11)2/h1,6-8H,2-4H3,(H,17,18)(H2,15,16,19). The van der Waals surface area contributed by atoms with Gasteiger partial charge in [0, 0.05) is 5.69 Å². The Morgan fingerprint density at radius 1 is 1.37 bits per heavy atom. The van der Waals surface area contributed by atoms with Crippen LogP contribution in [0.5, 0.6) is 0 Å². The van der Waals surface area contributed by atoms with E-state index in [0.29, 0.717) is 11.3 Å². The van der Waals surface area contributed by atoms with Crippen molar-refractivity contribution in [3.05, 3.63) is 29.3 Å². The number of carboxylic acids is 1. The van der Waals surface area contributed by atoms with Crippen LogP contribution in [0.1, 0.15) is 29.8 Å². The molecule has 100 valence electrons. The zero-order valence-electron chi connectivity index (χ0n) is 11.1. The lowest BCUT2D eigenvalue weighted by Gasteiger charge is -2.20. The summed E-state index contributed by atoms with van der Waals surface area (Å²) in [7, 11) is 0. The summed E-state index contributed by atoms with van der Waals surface area (Å²) >= 11 is 0. The van der Waals surface area contributed by atoms with E-state index in [4.69, 9.17) is 11.5 Å². The molecule has 0 unspecified atom stereocenters. The highest BCUT2D eigenvalue weighted by atomic mass is 16.4. The fourth-order valence-electron chi connectivity index (χ4n) is 1.41. The van der Waals surface area contributed by atoms with Gasteiger partial charge >= 0.3 is 12.0 Å². The first-order valence-corrected chi connectivity index (χ1v) is 5.66. The Morgan fingerprint density at radius 2 is 2.00 bits per heavy atom. The molecule has 1 rings (SSSR count). The van der Waals surface area contributed by atoms with Crippen LogP contribution in [0.3, 0.4) is 0 Å². The molecule has 0 aromatic heterocycles. The van der Waals surface area contributed by atoms with Gasteiger partial charge in [-0.15, -0.1) is 6.42 Å². The summed E-state index contributed by atoms with van der Waals surface area (Å²) in [5.41, 5.74) is 0.621. The summed E-state index contributed by atoms with van der Waals surface area (Å²) in [5, 5.41) is 14.1. The van der Waals surface area contributed by atoms with Crippen molar-refractivity contribution in [2.45, 2.75) is 26.3 Å². The molecule has 1 aromatic rings. The minimum Gasteiger partial charge on any atom is -0.478 e. The maximum Gasteiger partial charge on any atom is 0.335 e. The quantitative estimate of drug-likeness (QED) is 0.729. The molecule has 0 aliphatic carbocycles. The van der Waals surface area contributed by atoms with Gasteiger partial charge in [0.25, 0.3) is 0 Å². The van der Waals surface area contributed by atoms with Crippen molar-refractivity contribution in [2.75, 3.05) is 5.32 Å². The van der Waals surface area contributed by atoms with E-state index in [0.717, 1.165) is 0 Å². The number of hydrogen-bond acceptors (Lipinski definition) is 2. The molecule has 0 atom stereocenters. The molecule has 1 aromatic carbocycles. The highest BCUT2D eigenvalue weighted by molar-refractivity contribution is 5.93. The third kappa shape index (κ3) is 4.03. The monoisotopic (exact) mass is 260 g/mol. The number of nitrogens with one attached hydrogen (secondary N) is 2. The van der Waals surface area contributed by atoms with Gasteiger partial charge in [-0.1, -0.05) is 5.92 Å². The van der Waals surface area contributed by atoms with E-state index in [1.54, 1.807) is 26.8 Å². The molecule has 19 heavy (non-hydrogen) atoms. The number of carbonyl (C=O) groups excluding carboxylic acids is 1. The Kier molecular flexibility index (Phi) is 4.18. The number of carbonyl (C=O) groups is 2. The number of benzene rings is 1. The first-order chi connectivity index (χ1) is 8.75. The van der Waals surface area contributed by atoms with Gasteiger partial charge in [-0.2, -0.15) is 0 Å². The molecule has 0 saturated carbocycles. The molecular formula is C14H16N2O3. The summed E-state index contributed by atoms with van der Waals surface area (Å²) in [6.07, 6.45) is 5.27. The normalized spacial score (nSPS) is 10.4. The van der Waals surface area contributed by atoms with Crippen LogP contribution in [0, 0.1) is 19.3 Å². The fraction of sp³-hybridized carbons (Fsp3) is 0.286.